The Balaban J connectivity index is 2.16. The van der Waals surface area contributed by atoms with Crippen LogP contribution in [0.4, 0.5) is 5.13 Å². The lowest BCUT2D eigenvalue weighted by molar-refractivity contribution is 0.903. The summed E-state index contributed by atoms with van der Waals surface area (Å²) in [5, 5.41) is 1.04. The third kappa shape index (κ3) is 2.71. The molecule has 0 aromatic carbocycles. The van der Waals surface area contributed by atoms with Crippen molar-refractivity contribution in [2.45, 2.75) is 33.4 Å². The van der Waals surface area contributed by atoms with Gasteiger partial charge in [0.25, 0.3) is 0 Å². The minimum Gasteiger partial charge on any atom is -0.346 e. The Morgan fingerprint density at radius 3 is 2.67 bits per heavy atom. The number of rotatable bonds is 5. The van der Waals surface area contributed by atoms with Crippen LogP contribution in [0.5, 0.6) is 0 Å². The Morgan fingerprint density at radius 1 is 1.39 bits per heavy atom. The molecule has 0 radical (unpaired) electrons. The number of thiazole rings is 2. The number of anilines is 1. The predicted molar refractivity (Wildman–Crippen MR) is 78.3 cm³/mol. The maximum atomic E-state index is 5.74. The summed E-state index contributed by atoms with van der Waals surface area (Å²) in [4.78, 5) is 13.6. The van der Waals surface area contributed by atoms with Crippen LogP contribution in [0.3, 0.4) is 0 Å². The highest BCUT2D eigenvalue weighted by atomic mass is 32.1. The van der Waals surface area contributed by atoms with Crippen LogP contribution in [-0.2, 0) is 19.5 Å². The topological polar surface area (TPSA) is 55.0 Å². The fourth-order valence-electron chi connectivity index (χ4n) is 1.73. The normalized spacial score (nSPS) is 10.9. The molecule has 0 fully saturated rings. The van der Waals surface area contributed by atoms with Gasteiger partial charge in [-0.2, -0.15) is 0 Å². The van der Waals surface area contributed by atoms with E-state index in [1.165, 1.54) is 9.75 Å². The van der Waals surface area contributed by atoms with Gasteiger partial charge in [-0.05, 0) is 13.3 Å². The van der Waals surface area contributed by atoms with Crippen molar-refractivity contribution in [1.29, 1.82) is 0 Å². The fourth-order valence-corrected chi connectivity index (χ4v) is 3.55. The summed E-state index contributed by atoms with van der Waals surface area (Å²) in [6.45, 7) is 5.60. The number of nitrogens with two attached hydrogens (primary N) is 1. The molecule has 18 heavy (non-hydrogen) atoms. The monoisotopic (exact) mass is 282 g/mol. The van der Waals surface area contributed by atoms with Crippen molar-refractivity contribution in [2.75, 3.05) is 11.9 Å². The first-order chi connectivity index (χ1) is 8.65. The van der Waals surface area contributed by atoms with E-state index >= 15 is 0 Å². The SMILES string of the molecule is CCc1nc(N(C)Cc2scnc2C)sc1CN. The first-order valence-corrected chi connectivity index (χ1v) is 7.64. The summed E-state index contributed by atoms with van der Waals surface area (Å²) in [6, 6.07) is 0. The zero-order valence-corrected chi connectivity index (χ0v) is 12.6. The largest absolute Gasteiger partial charge is 0.346 e. The molecule has 0 saturated heterocycles. The molecule has 2 aromatic rings. The number of aromatic nitrogens is 2. The van der Waals surface area contributed by atoms with Gasteiger partial charge in [-0.1, -0.05) is 6.92 Å². The molecule has 0 amide bonds. The quantitative estimate of drug-likeness (QED) is 0.915. The molecule has 0 spiro atoms. The Bertz CT molecular complexity index is 496. The first-order valence-electron chi connectivity index (χ1n) is 5.94. The number of hydrogen-bond acceptors (Lipinski definition) is 6. The highest BCUT2D eigenvalue weighted by molar-refractivity contribution is 7.15. The molecule has 0 bridgehead atoms. The maximum absolute atomic E-state index is 5.74. The van der Waals surface area contributed by atoms with E-state index in [0.717, 1.165) is 29.5 Å². The van der Waals surface area contributed by atoms with E-state index in [1.54, 1.807) is 22.7 Å². The van der Waals surface area contributed by atoms with E-state index < -0.39 is 0 Å². The maximum Gasteiger partial charge on any atom is 0.185 e. The third-order valence-electron chi connectivity index (χ3n) is 2.84. The van der Waals surface area contributed by atoms with Gasteiger partial charge in [-0.15, -0.1) is 22.7 Å². The van der Waals surface area contributed by atoms with E-state index in [2.05, 4.69) is 28.8 Å². The molecule has 2 N–H and O–H groups in total. The summed E-state index contributed by atoms with van der Waals surface area (Å²) < 4.78 is 0. The van der Waals surface area contributed by atoms with Crippen LogP contribution in [0, 0.1) is 6.92 Å². The summed E-state index contributed by atoms with van der Waals surface area (Å²) in [5.41, 5.74) is 9.88. The van der Waals surface area contributed by atoms with Gasteiger partial charge in [0, 0.05) is 23.3 Å². The van der Waals surface area contributed by atoms with E-state index in [0.29, 0.717) is 6.54 Å². The van der Waals surface area contributed by atoms with Crippen molar-refractivity contribution in [3.63, 3.8) is 0 Å². The Kier molecular flexibility index (Phi) is 4.31. The number of nitrogens with zero attached hydrogens (tertiary/aromatic N) is 3. The van der Waals surface area contributed by atoms with Crippen LogP contribution in [0.25, 0.3) is 0 Å². The zero-order valence-electron chi connectivity index (χ0n) is 10.9. The van der Waals surface area contributed by atoms with Crippen molar-refractivity contribution >= 4 is 27.8 Å². The average Bonchev–Trinajstić information content (AvgIpc) is 2.96. The molecule has 4 nitrogen and oxygen atoms in total. The highest BCUT2D eigenvalue weighted by Crippen LogP contribution is 2.27. The summed E-state index contributed by atoms with van der Waals surface area (Å²) in [5.74, 6) is 0. The molecule has 98 valence electrons. The second-order valence-electron chi connectivity index (χ2n) is 4.14. The summed E-state index contributed by atoms with van der Waals surface area (Å²) in [7, 11) is 2.07. The summed E-state index contributed by atoms with van der Waals surface area (Å²) in [6.07, 6.45) is 0.941. The van der Waals surface area contributed by atoms with Gasteiger partial charge in [-0.3, -0.25) is 0 Å². The van der Waals surface area contributed by atoms with E-state index in [4.69, 9.17) is 5.73 Å². The van der Waals surface area contributed by atoms with Gasteiger partial charge < -0.3 is 10.6 Å². The minimum atomic E-state index is 0.578. The molecule has 0 aliphatic heterocycles. The molecule has 0 aliphatic rings. The van der Waals surface area contributed by atoms with Crippen LogP contribution in [0.15, 0.2) is 5.51 Å². The Morgan fingerprint density at radius 2 is 2.17 bits per heavy atom. The predicted octanol–water partition coefficient (Wildman–Crippen LogP) is 2.57. The van der Waals surface area contributed by atoms with Gasteiger partial charge >= 0.3 is 0 Å². The second kappa shape index (κ2) is 5.77. The minimum absolute atomic E-state index is 0.578. The average molecular weight is 282 g/mol. The lowest BCUT2D eigenvalue weighted by atomic mass is 10.3. The second-order valence-corrected chi connectivity index (χ2v) is 6.14. The zero-order chi connectivity index (χ0) is 13.1. The van der Waals surface area contributed by atoms with Crippen LogP contribution in [-0.4, -0.2) is 17.0 Å². The highest BCUT2D eigenvalue weighted by Gasteiger charge is 2.13. The van der Waals surface area contributed by atoms with Crippen molar-refractivity contribution < 1.29 is 0 Å². The molecular formula is C12H18N4S2. The fraction of sp³-hybridized carbons (Fsp3) is 0.500. The van der Waals surface area contributed by atoms with Gasteiger partial charge in [0.05, 0.1) is 23.4 Å². The van der Waals surface area contributed by atoms with Gasteiger partial charge in [0.2, 0.25) is 0 Å². The van der Waals surface area contributed by atoms with Crippen LogP contribution in [0.2, 0.25) is 0 Å². The number of aryl methyl sites for hydroxylation is 2. The molecule has 6 heteroatoms. The van der Waals surface area contributed by atoms with Crippen molar-refractivity contribution in [1.82, 2.24) is 9.97 Å². The molecule has 0 atom stereocenters. The van der Waals surface area contributed by atoms with Crippen LogP contribution >= 0.6 is 22.7 Å². The van der Waals surface area contributed by atoms with Crippen LogP contribution < -0.4 is 10.6 Å². The lowest BCUT2D eigenvalue weighted by Gasteiger charge is -2.14. The summed E-state index contributed by atoms with van der Waals surface area (Å²) >= 11 is 3.39. The lowest BCUT2D eigenvalue weighted by Crippen LogP contribution is -2.15. The van der Waals surface area contributed by atoms with Crippen molar-refractivity contribution in [3.8, 4) is 0 Å². The smallest absolute Gasteiger partial charge is 0.185 e. The molecule has 0 aliphatic carbocycles. The molecular weight excluding hydrogens is 264 g/mol. The van der Waals surface area contributed by atoms with Gasteiger partial charge in [0.15, 0.2) is 5.13 Å². The molecule has 0 saturated carbocycles. The molecule has 2 rings (SSSR count). The first kappa shape index (κ1) is 13.5. The van der Waals surface area contributed by atoms with Crippen molar-refractivity contribution in [3.05, 3.63) is 26.7 Å². The van der Waals surface area contributed by atoms with Gasteiger partial charge in [-0.25, -0.2) is 9.97 Å². The van der Waals surface area contributed by atoms with Crippen molar-refractivity contribution in [2.24, 2.45) is 5.73 Å². The molecule has 0 unspecified atom stereocenters. The third-order valence-corrected chi connectivity index (χ3v) is 4.99. The van der Waals surface area contributed by atoms with Crippen LogP contribution in [0.1, 0.15) is 28.1 Å². The Hall–Kier alpha value is -0.980. The molecule has 2 aromatic heterocycles. The standard InChI is InChI=1S/C12H18N4S2/c1-4-9-10(5-13)18-12(15-9)16(3)6-11-8(2)14-7-17-11/h7H,4-6,13H2,1-3H3. The van der Waals surface area contributed by atoms with E-state index in [1.807, 2.05) is 12.4 Å². The Labute approximate surface area is 115 Å². The molecule has 2 heterocycles. The van der Waals surface area contributed by atoms with Gasteiger partial charge in [0.1, 0.15) is 0 Å². The van der Waals surface area contributed by atoms with E-state index in [-0.39, 0.29) is 0 Å². The van der Waals surface area contributed by atoms with E-state index in [9.17, 15) is 0 Å². The number of hydrogen-bond donors (Lipinski definition) is 1.